The van der Waals surface area contributed by atoms with Crippen molar-refractivity contribution >= 4 is 40.1 Å². The van der Waals surface area contributed by atoms with Gasteiger partial charge in [0, 0.05) is 59.6 Å². The van der Waals surface area contributed by atoms with E-state index in [9.17, 15) is 27.6 Å². The van der Waals surface area contributed by atoms with Gasteiger partial charge in [0.15, 0.2) is 5.69 Å². The van der Waals surface area contributed by atoms with Gasteiger partial charge in [-0.1, -0.05) is 6.07 Å². The number of fused-ring (bicyclic) bond motifs is 1. The molecule has 1 aromatic carbocycles. The molecule has 1 aliphatic rings. The van der Waals surface area contributed by atoms with Gasteiger partial charge in [-0.15, -0.1) is 11.3 Å². The van der Waals surface area contributed by atoms with E-state index in [0.29, 0.717) is 42.7 Å². The number of urea groups is 1. The van der Waals surface area contributed by atoms with Crippen LogP contribution in [-0.4, -0.2) is 52.4 Å². The number of anilines is 1. The molecule has 232 valence electrons. The lowest BCUT2D eigenvalue weighted by Crippen LogP contribution is -2.34. The summed E-state index contributed by atoms with van der Waals surface area (Å²) in [6.45, 7) is 6.35. The molecular weight excluding hydrogens is 599 g/mol. The average molecular weight is 630 g/mol. The zero-order chi connectivity index (χ0) is 31.6. The van der Waals surface area contributed by atoms with Crippen LogP contribution in [-0.2, 0) is 15.7 Å². The van der Waals surface area contributed by atoms with Crippen LogP contribution in [0.1, 0.15) is 55.7 Å². The van der Waals surface area contributed by atoms with E-state index in [4.69, 9.17) is 9.47 Å². The Morgan fingerprint density at radius 1 is 1.18 bits per heavy atom. The Kier molecular flexibility index (Phi) is 9.02. The Morgan fingerprint density at radius 2 is 1.93 bits per heavy atom. The van der Waals surface area contributed by atoms with E-state index in [-0.39, 0.29) is 46.0 Å². The number of hydrogen-bond donors (Lipinski definition) is 2. The lowest BCUT2D eigenvalue weighted by atomic mass is 9.98. The first-order valence-corrected chi connectivity index (χ1v) is 14.9. The van der Waals surface area contributed by atoms with E-state index in [2.05, 4.69) is 20.6 Å². The van der Waals surface area contributed by atoms with Gasteiger partial charge in [-0.25, -0.2) is 19.6 Å². The summed E-state index contributed by atoms with van der Waals surface area (Å²) in [6.07, 6.45) is -0.354. The smallest absolute Gasteiger partial charge is 0.434 e. The van der Waals surface area contributed by atoms with Crippen molar-refractivity contribution in [3.63, 3.8) is 0 Å². The molecule has 2 amide bonds. The molecule has 44 heavy (non-hydrogen) atoms. The first kappa shape index (κ1) is 31.1. The highest BCUT2D eigenvalue weighted by atomic mass is 32.1. The van der Waals surface area contributed by atoms with Crippen molar-refractivity contribution in [3.05, 3.63) is 63.5 Å². The first-order valence-electron chi connectivity index (χ1n) is 14.0. The number of ether oxygens (including phenoxy) is 2. The summed E-state index contributed by atoms with van der Waals surface area (Å²) < 4.78 is 53.0. The predicted octanol–water partition coefficient (Wildman–Crippen LogP) is 6.26. The third-order valence-electron chi connectivity index (χ3n) is 7.01. The SMILES string of the molecule is CCOC(=O)c1cn(C2CCOCC2)c2ccc(-c3cnc(NC(=O)NC(C)C)cc3-c3nc(C(F)(F)F)cs3)cc2c1=O. The molecule has 1 fully saturated rings. The first-order chi connectivity index (χ1) is 21.0. The summed E-state index contributed by atoms with van der Waals surface area (Å²) in [5.74, 6) is -0.650. The van der Waals surface area contributed by atoms with Crippen molar-refractivity contribution in [1.29, 1.82) is 0 Å². The molecule has 0 spiro atoms. The standard InChI is InChI=1S/C30H30F3N5O5S/c1-4-43-28(40)22-14-38(18-7-9-42-10-8-18)23-6-5-17(11-20(23)26(22)39)21-13-34-25(37-29(41)35-16(2)3)12-19(21)27-36-24(15-44-27)30(31,32)33/h5-6,11-16,18H,4,7-10H2,1-3H3,(H2,34,35,37,41). The van der Waals surface area contributed by atoms with Gasteiger partial charge >= 0.3 is 18.2 Å². The van der Waals surface area contributed by atoms with Crippen molar-refractivity contribution in [2.75, 3.05) is 25.1 Å². The molecule has 0 aliphatic carbocycles. The van der Waals surface area contributed by atoms with E-state index in [1.54, 1.807) is 39.0 Å². The van der Waals surface area contributed by atoms with E-state index < -0.39 is 29.3 Å². The normalized spacial score (nSPS) is 14.2. The number of hydrogen-bond acceptors (Lipinski definition) is 8. The van der Waals surface area contributed by atoms with Crippen molar-refractivity contribution in [1.82, 2.24) is 19.9 Å². The zero-order valence-electron chi connectivity index (χ0n) is 24.2. The van der Waals surface area contributed by atoms with Crippen molar-refractivity contribution in [2.24, 2.45) is 0 Å². The summed E-state index contributed by atoms with van der Waals surface area (Å²) in [4.78, 5) is 46.9. The molecule has 2 N–H and O–H groups in total. The number of esters is 1. The van der Waals surface area contributed by atoms with Crippen molar-refractivity contribution < 1.29 is 32.2 Å². The van der Waals surface area contributed by atoms with Gasteiger partial charge in [0.25, 0.3) is 0 Å². The topological polar surface area (TPSA) is 124 Å². The maximum Gasteiger partial charge on any atom is 0.434 e. The number of carbonyl (C=O) groups is 2. The highest BCUT2D eigenvalue weighted by Gasteiger charge is 2.34. The second kappa shape index (κ2) is 12.7. The highest BCUT2D eigenvalue weighted by Crippen LogP contribution is 2.39. The number of rotatable bonds is 7. The number of halogens is 3. The molecule has 4 heterocycles. The lowest BCUT2D eigenvalue weighted by molar-refractivity contribution is -0.140. The number of nitrogens with zero attached hydrogens (tertiary/aromatic N) is 3. The van der Waals surface area contributed by atoms with Gasteiger partial charge in [0.1, 0.15) is 16.4 Å². The summed E-state index contributed by atoms with van der Waals surface area (Å²) in [5, 5.41) is 6.45. The number of thiazole rings is 1. The van der Waals surface area contributed by atoms with Gasteiger partial charge in [0.05, 0.1) is 12.1 Å². The largest absolute Gasteiger partial charge is 0.462 e. The van der Waals surface area contributed by atoms with Crippen LogP contribution in [0.2, 0.25) is 0 Å². The Hall–Kier alpha value is -4.30. The molecule has 0 radical (unpaired) electrons. The molecular formula is C30H30F3N5O5S. The third kappa shape index (κ3) is 6.60. The number of nitrogens with one attached hydrogen (secondary N) is 2. The van der Waals surface area contributed by atoms with Gasteiger partial charge in [0.2, 0.25) is 5.43 Å². The van der Waals surface area contributed by atoms with Crippen LogP contribution in [0.5, 0.6) is 0 Å². The molecule has 10 nitrogen and oxygen atoms in total. The van der Waals surface area contributed by atoms with E-state index >= 15 is 0 Å². The summed E-state index contributed by atoms with van der Waals surface area (Å²) >= 11 is 0.790. The molecule has 0 atom stereocenters. The fourth-order valence-electron chi connectivity index (χ4n) is 5.02. The number of alkyl halides is 3. The fourth-order valence-corrected chi connectivity index (χ4v) is 5.87. The minimum atomic E-state index is -4.65. The minimum Gasteiger partial charge on any atom is -0.462 e. The van der Waals surface area contributed by atoms with Crippen LogP contribution in [0.25, 0.3) is 32.6 Å². The Labute approximate surface area is 254 Å². The molecule has 1 aliphatic heterocycles. The third-order valence-corrected chi connectivity index (χ3v) is 7.89. The van der Waals surface area contributed by atoms with Crippen molar-refractivity contribution in [3.8, 4) is 21.7 Å². The number of carbonyl (C=O) groups excluding carboxylic acids is 2. The average Bonchev–Trinajstić information content (AvgIpc) is 3.49. The van der Waals surface area contributed by atoms with Crippen LogP contribution in [0.4, 0.5) is 23.8 Å². The molecule has 1 saturated heterocycles. The molecule has 4 aromatic rings. The fraction of sp³-hybridized carbons (Fsp3) is 0.367. The Bertz CT molecular complexity index is 1760. The number of amides is 2. The van der Waals surface area contributed by atoms with Crippen LogP contribution < -0.4 is 16.1 Å². The molecule has 5 rings (SSSR count). The number of benzene rings is 1. The second-order valence-corrected chi connectivity index (χ2v) is 11.3. The predicted molar refractivity (Wildman–Crippen MR) is 160 cm³/mol. The van der Waals surface area contributed by atoms with Gasteiger partial charge in [-0.05, 0) is 57.4 Å². The minimum absolute atomic E-state index is 0.0263. The molecule has 14 heteroatoms. The maximum atomic E-state index is 13.7. The molecule has 0 saturated carbocycles. The summed E-state index contributed by atoms with van der Waals surface area (Å²) in [5.41, 5.74) is -0.00944. The van der Waals surface area contributed by atoms with Gasteiger partial charge < -0.3 is 19.4 Å². The Balaban J connectivity index is 1.68. The quantitative estimate of drug-likeness (QED) is 0.231. The van der Waals surface area contributed by atoms with Crippen LogP contribution >= 0.6 is 11.3 Å². The van der Waals surface area contributed by atoms with Crippen LogP contribution in [0.15, 0.2) is 46.8 Å². The van der Waals surface area contributed by atoms with Crippen LogP contribution in [0, 0.1) is 0 Å². The molecule has 0 bridgehead atoms. The highest BCUT2D eigenvalue weighted by molar-refractivity contribution is 7.13. The van der Waals surface area contributed by atoms with E-state index in [1.165, 1.54) is 18.5 Å². The number of pyridine rings is 2. The van der Waals surface area contributed by atoms with E-state index in [0.717, 1.165) is 16.7 Å². The molecule has 0 unspecified atom stereocenters. The van der Waals surface area contributed by atoms with Crippen LogP contribution in [0.3, 0.4) is 0 Å². The second-order valence-electron chi connectivity index (χ2n) is 10.5. The van der Waals surface area contributed by atoms with Gasteiger partial charge in [-0.2, -0.15) is 13.2 Å². The zero-order valence-corrected chi connectivity index (χ0v) is 25.0. The Morgan fingerprint density at radius 3 is 2.59 bits per heavy atom. The number of aromatic nitrogens is 3. The summed E-state index contributed by atoms with van der Waals surface area (Å²) in [7, 11) is 0. The van der Waals surface area contributed by atoms with E-state index in [1.807, 2.05) is 4.57 Å². The lowest BCUT2D eigenvalue weighted by Gasteiger charge is -2.27. The molecule has 3 aromatic heterocycles. The van der Waals surface area contributed by atoms with Gasteiger partial charge in [-0.3, -0.25) is 10.1 Å². The monoisotopic (exact) mass is 629 g/mol. The maximum absolute atomic E-state index is 13.7. The van der Waals surface area contributed by atoms with Crippen molar-refractivity contribution in [2.45, 2.75) is 51.9 Å². The summed E-state index contributed by atoms with van der Waals surface area (Å²) in [6, 6.07) is 5.78.